The molecule has 2 aromatic heterocycles. The van der Waals surface area contributed by atoms with E-state index in [0.717, 1.165) is 0 Å². The summed E-state index contributed by atoms with van der Waals surface area (Å²) in [5, 5.41) is 5.36. The molecule has 0 atom stereocenters. The van der Waals surface area contributed by atoms with Gasteiger partial charge in [-0.3, -0.25) is 4.72 Å². The van der Waals surface area contributed by atoms with E-state index in [4.69, 9.17) is 4.52 Å². The molecule has 0 aliphatic carbocycles. The maximum absolute atomic E-state index is 12.0. The van der Waals surface area contributed by atoms with Crippen LogP contribution in [0.3, 0.4) is 0 Å². The number of halogens is 1. The fourth-order valence-electron chi connectivity index (χ4n) is 1.17. The number of nitrogens with one attached hydrogen (secondary N) is 1. The molecule has 0 unspecified atom stereocenters. The third-order valence-electron chi connectivity index (χ3n) is 2.26. The Morgan fingerprint density at radius 1 is 1.47 bits per heavy atom. The highest BCUT2D eigenvalue weighted by atomic mass is 79.9. The molecule has 0 saturated heterocycles. The maximum atomic E-state index is 12.0. The predicted molar refractivity (Wildman–Crippen MR) is 68.8 cm³/mol. The summed E-state index contributed by atoms with van der Waals surface area (Å²) < 4.78 is 31.9. The van der Waals surface area contributed by atoms with E-state index < -0.39 is 10.0 Å². The number of hydrogen-bond acceptors (Lipinski definition) is 5. The van der Waals surface area contributed by atoms with Gasteiger partial charge in [0, 0.05) is 5.56 Å². The Kier molecular flexibility index (Phi) is 3.28. The topological polar surface area (TPSA) is 72.2 Å². The van der Waals surface area contributed by atoms with E-state index in [9.17, 15) is 8.42 Å². The first-order valence-corrected chi connectivity index (χ1v) is 7.76. The molecule has 2 heterocycles. The van der Waals surface area contributed by atoms with Gasteiger partial charge in [0.1, 0.15) is 10.7 Å². The molecule has 0 amide bonds. The molecule has 17 heavy (non-hydrogen) atoms. The van der Waals surface area contributed by atoms with Gasteiger partial charge in [-0.25, -0.2) is 8.42 Å². The lowest BCUT2D eigenvalue weighted by atomic mass is 10.3. The molecule has 0 spiro atoms. The quantitative estimate of drug-likeness (QED) is 0.935. The van der Waals surface area contributed by atoms with E-state index in [-0.39, 0.29) is 10.7 Å². The van der Waals surface area contributed by atoms with Gasteiger partial charge < -0.3 is 4.52 Å². The van der Waals surface area contributed by atoms with Crippen LogP contribution in [-0.2, 0) is 10.0 Å². The summed E-state index contributed by atoms with van der Waals surface area (Å²) in [6.07, 6.45) is 0. The van der Waals surface area contributed by atoms with Crippen molar-refractivity contribution in [2.75, 3.05) is 4.72 Å². The monoisotopic (exact) mass is 336 g/mol. The summed E-state index contributed by atoms with van der Waals surface area (Å²) in [4.78, 5) is 0.197. The highest BCUT2D eigenvalue weighted by molar-refractivity contribution is 9.11. The van der Waals surface area contributed by atoms with Gasteiger partial charge in [0.2, 0.25) is 0 Å². The minimum absolute atomic E-state index is 0.197. The fourth-order valence-corrected chi connectivity index (χ4v) is 4.35. The van der Waals surface area contributed by atoms with Crippen molar-refractivity contribution in [3.8, 4) is 0 Å². The molecule has 1 N–H and O–H groups in total. The molecule has 0 aliphatic heterocycles. The van der Waals surface area contributed by atoms with Crippen molar-refractivity contribution in [2.24, 2.45) is 0 Å². The lowest BCUT2D eigenvalue weighted by Crippen LogP contribution is -2.13. The Hall–Kier alpha value is -0.860. The normalized spacial score (nSPS) is 11.7. The molecule has 0 radical (unpaired) electrons. The van der Waals surface area contributed by atoms with Crippen molar-refractivity contribution in [3.05, 3.63) is 26.6 Å². The number of aromatic nitrogens is 1. The van der Waals surface area contributed by atoms with Crippen LogP contribution in [0.15, 0.2) is 24.7 Å². The lowest BCUT2D eigenvalue weighted by Gasteiger charge is -2.04. The highest BCUT2D eigenvalue weighted by Crippen LogP contribution is 2.29. The summed E-state index contributed by atoms with van der Waals surface area (Å²) in [6, 6.07) is 1.53. The minimum atomic E-state index is -3.62. The molecule has 2 rings (SSSR count). The van der Waals surface area contributed by atoms with Crippen LogP contribution in [0.25, 0.3) is 0 Å². The van der Waals surface area contributed by atoms with Crippen molar-refractivity contribution >= 4 is 43.1 Å². The average Bonchev–Trinajstić information content (AvgIpc) is 2.80. The van der Waals surface area contributed by atoms with Crippen LogP contribution in [0.5, 0.6) is 0 Å². The van der Waals surface area contributed by atoms with Gasteiger partial charge in [0.05, 0.1) is 3.79 Å². The van der Waals surface area contributed by atoms with E-state index in [1.807, 2.05) is 0 Å². The Labute approximate surface area is 111 Å². The van der Waals surface area contributed by atoms with Crippen LogP contribution in [0.4, 0.5) is 5.82 Å². The number of hydrogen-bond donors (Lipinski definition) is 1. The van der Waals surface area contributed by atoms with E-state index in [1.54, 1.807) is 19.2 Å². The van der Waals surface area contributed by atoms with E-state index >= 15 is 0 Å². The van der Waals surface area contributed by atoms with E-state index in [1.165, 1.54) is 17.4 Å². The molecule has 0 bridgehead atoms. The Bertz CT molecular complexity index is 645. The number of thiophene rings is 1. The van der Waals surface area contributed by atoms with Gasteiger partial charge in [0.15, 0.2) is 5.82 Å². The second-order valence-corrected chi connectivity index (χ2v) is 7.26. The summed E-state index contributed by atoms with van der Waals surface area (Å²) in [5.74, 6) is 0.813. The summed E-state index contributed by atoms with van der Waals surface area (Å²) in [7, 11) is -3.62. The van der Waals surface area contributed by atoms with Crippen LogP contribution in [0.2, 0.25) is 0 Å². The van der Waals surface area contributed by atoms with Gasteiger partial charge in [0.25, 0.3) is 10.0 Å². The molecule has 0 aromatic carbocycles. The number of rotatable bonds is 3. The molecule has 0 aliphatic rings. The van der Waals surface area contributed by atoms with Crippen LogP contribution in [0.1, 0.15) is 11.3 Å². The largest absolute Gasteiger partial charge is 0.359 e. The first-order chi connectivity index (χ1) is 7.92. The van der Waals surface area contributed by atoms with Crippen molar-refractivity contribution in [1.29, 1.82) is 0 Å². The number of aryl methyl sites for hydroxylation is 1. The zero-order valence-corrected chi connectivity index (χ0v) is 12.2. The SMILES string of the molecule is Cc1onc(NS(=O)(=O)c2ccsc2Br)c1C. The average molecular weight is 337 g/mol. The van der Waals surface area contributed by atoms with Crippen LogP contribution < -0.4 is 4.72 Å². The van der Waals surface area contributed by atoms with Gasteiger partial charge in [-0.1, -0.05) is 5.16 Å². The second kappa shape index (κ2) is 4.43. The Balaban J connectivity index is 2.37. The fraction of sp³-hybridized carbons (Fsp3) is 0.222. The third-order valence-corrected chi connectivity index (χ3v) is 5.72. The minimum Gasteiger partial charge on any atom is -0.359 e. The first kappa shape index (κ1) is 12.6. The molecule has 8 heteroatoms. The maximum Gasteiger partial charge on any atom is 0.265 e. The third kappa shape index (κ3) is 2.38. The molecule has 5 nitrogen and oxygen atoms in total. The van der Waals surface area contributed by atoms with Gasteiger partial charge in [-0.05, 0) is 41.2 Å². The first-order valence-electron chi connectivity index (χ1n) is 4.60. The summed E-state index contributed by atoms with van der Waals surface area (Å²) in [5.41, 5.74) is 0.680. The number of nitrogens with zero attached hydrogens (tertiary/aromatic N) is 1. The van der Waals surface area contributed by atoms with Crippen LogP contribution in [0, 0.1) is 13.8 Å². The summed E-state index contributed by atoms with van der Waals surface area (Å²) in [6.45, 7) is 3.47. The standard InChI is InChI=1S/C9H9BrN2O3S2/c1-5-6(2)15-11-9(5)12-17(13,14)7-3-4-16-8(7)10/h3-4H,1-2H3,(H,11,12). The predicted octanol–water partition coefficient (Wildman–Crippen LogP) is 2.92. The lowest BCUT2D eigenvalue weighted by molar-refractivity contribution is 0.399. The summed E-state index contributed by atoms with van der Waals surface area (Å²) >= 11 is 4.50. The van der Waals surface area contributed by atoms with Crippen LogP contribution >= 0.6 is 27.3 Å². The highest BCUT2D eigenvalue weighted by Gasteiger charge is 2.21. The molecular weight excluding hydrogens is 328 g/mol. The van der Waals surface area contributed by atoms with Crippen molar-refractivity contribution in [2.45, 2.75) is 18.7 Å². The number of anilines is 1. The smallest absolute Gasteiger partial charge is 0.265 e. The second-order valence-electron chi connectivity index (χ2n) is 3.38. The zero-order chi connectivity index (χ0) is 12.6. The van der Waals surface area contributed by atoms with Crippen molar-refractivity contribution in [1.82, 2.24) is 5.16 Å². The Morgan fingerprint density at radius 3 is 2.65 bits per heavy atom. The molecule has 0 fully saturated rings. The molecule has 0 saturated carbocycles. The van der Waals surface area contributed by atoms with Gasteiger partial charge >= 0.3 is 0 Å². The zero-order valence-electron chi connectivity index (χ0n) is 9.02. The van der Waals surface area contributed by atoms with Crippen molar-refractivity contribution < 1.29 is 12.9 Å². The Morgan fingerprint density at radius 2 is 2.18 bits per heavy atom. The van der Waals surface area contributed by atoms with Gasteiger partial charge in [-0.15, -0.1) is 11.3 Å². The molecule has 2 aromatic rings. The molecular formula is C9H9BrN2O3S2. The number of sulfonamides is 1. The van der Waals surface area contributed by atoms with E-state index in [0.29, 0.717) is 15.1 Å². The van der Waals surface area contributed by atoms with Crippen LogP contribution in [-0.4, -0.2) is 13.6 Å². The van der Waals surface area contributed by atoms with Gasteiger partial charge in [-0.2, -0.15) is 0 Å². The van der Waals surface area contributed by atoms with E-state index in [2.05, 4.69) is 25.8 Å². The van der Waals surface area contributed by atoms with Crippen molar-refractivity contribution in [3.63, 3.8) is 0 Å². The molecule has 92 valence electrons.